The monoisotopic (exact) mass is 198 g/mol. The van der Waals surface area contributed by atoms with E-state index in [1.165, 1.54) is 38.5 Å². The summed E-state index contributed by atoms with van der Waals surface area (Å²) < 4.78 is 0. The van der Waals surface area contributed by atoms with Crippen molar-refractivity contribution in [3.63, 3.8) is 0 Å². The van der Waals surface area contributed by atoms with Gasteiger partial charge in [-0.2, -0.15) is 0 Å². The summed E-state index contributed by atoms with van der Waals surface area (Å²) in [6.07, 6.45) is 9.64. The maximum Gasteiger partial charge on any atom is 0.00671 e. The van der Waals surface area contributed by atoms with Crippen molar-refractivity contribution in [1.82, 2.24) is 5.32 Å². The van der Waals surface area contributed by atoms with Crippen molar-refractivity contribution in [2.24, 2.45) is 11.7 Å². The van der Waals surface area contributed by atoms with Gasteiger partial charge in [-0.05, 0) is 38.3 Å². The van der Waals surface area contributed by atoms with Crippen LogP contribution in [0.5, 0.6) is 0 Å². The number of nitrogens with one attached hydrogen (secondary N) is 1. The first-order valence-corrected chi connectivity index (χ1v) is 6.26. The summed E-state index contributed by atoms with van der Waals surface area (Å²) in [7, 11) is 0. The molecular formula is C12H26N2. The standard InChI is InChI=1S/C12H26N2/c1-11(8-9-13)10-14-12-6-4-2-3-5-7-12/h11-12,14H,2-10,13H2,1H3. The van der Waals surface area contributed by atoms with E-state index in [1.54, 1.807) is 0 Å². The zero-order chi connectivity index (χ0) is 10.2. The van der Waals surface area contributed by atoms with Crippen LogP contribution >= 0.6 is 0 Å². The second kappa shape index (κ2) is 7.24. The molecule has 0 aliphatic heterocycles. The Morgan fingerprint density at radius 2 is 1.86 bits per heavy atom. The van der Waals surface area contributed by atoms with E-state index in [2.05, 4.69) is 12.2 Å². The number of hydrogen-bond acceptors (Lipinski definition) is 2. The van der Waals surface area contributed by atoms with Gasteiger partial charge < -0.3 is 11.1 Å². The minimum absolute atomic E-state index is 0.739. The molecular weight excluding hydrogens is 172 g/mol. The number of rotatable bonds is 5. The molecule has 0 amide bonds. The topological polar surface area (TPSA) is 38.0 Å². The van der Waals surface area contributed by atoms with Gasteiger partial charge in [0.2, 0.25) is 0 Å². The molecule has 0 aromatic rings. The molecule has 1 rings (SSSR count). The van der Waals surface area contributed by atoms with Crippen molar-refractivity contribution in [3.05, 3.63) is 0 Å². The molecule has 1 saturated carbocycles. The van der Waals surface area contributed by atoms with Gasteiger partial charge in [0.1, 0.15) is 0 Å². The Hall–Kier alpha value is -0.0800. The van der Waals surface area contributed by atoms with Crippen LogP contribution in [-0.4, -0.2) is 19.1 Å². The van der Waals surface area contributed by atoms with E-state index in [-0.39, 0.29) is 0 Å². The molecule has 1 atom stereocenters. The molecule has 1 fully saturated rings. The van der Waals surface area contributed by atoms with Gasteiger partial charge in [0.25, 0.3) is 0 Å². The molecule has 0 heterocycles. The third-order valence-electron chi connectivity index (χ3n) is 3.27. The number of nitrogens with two attached hydrogens (primary N) is 1. The molecule has 0 spiro atoms. The fraction of sp³-hybridized carbons (Fsp3) is 1.00. The molecule has 0 saturated heterocycles. The Morgan fingerprint density at radius 3 is 2.43 bits per heavy atom. The van der Waals surface area contributed by atoms with Crippen LogP contribution in [0.25, 0.3) is 0 Å². The lowest BCUT2D eigenvalue weighted by Gasteiger charge is -2.19. The summed E-state index contributed by atoms with van der Waals surface area (Å²) in [6.45, 7) is 4.27. The smallest absolute Gasteiger partial charge is 0.00671 e. The Labute approximate surface area is 88.6 Å². The normalized spacial score (nSPS) is 21.9. The minimum atomic E-state index is 0.739. The van der Waals surface area contributed by atoms with Crippen LogP contribution in [-0.2, 0) is 0 Å². The molecule has 0 aromatic carbocycles. The van der Waals surface area contributed by atoms with Crippen molar-refractivity contribution < 1.29 is 0 Å². The molecule has 84 valence electrons. The van der Waals surface area contributed by atoms with Crippen LogP contribution in [0.1, 0.15) is 51.9 Å². The van der Waals surface area contributed by atoms with E-state index >= 15 is 0 Å². The van der Waals surface area contributed by atoms with Gasteiger partial charge in [-0.15, -0.1) is 0 Å². The van der Waals surface area contributed by atoms with E-state index < -0.39 is 0 Å². The van der Waals surface area contributed by atoms with Crippen LogP contribution in [0.2, 0.25) is 0 Å². The third kappa shape index (κ3) is 4.97. The molecule has 0 aromatic heterocycles. The maximum absolute atomic E-state index is 5.54. The van der Waals surface area contributed by atoms with Gasteiger partial charge in [-0.25, -0.2) is 0 Å². The van der Waals surface area contributed by atoms with Crippen molar-refractivity contribution in [3.8, 4) is 0 Å². The highest BCUT2D eigenvalue weighted by atomic mass is 14.9. The van der Waals surface area contributed by atoms with Gasteiger partial charge >= 0.3 is 0 Å². The largest absolute Gasteiger partial charge is 0.330 e. The Bertz CT molecular complexity index is 128. The van der Waals surface area contributed by atoms with E-state index in [0.717, 1.165) is 31.5 Å². The molecule has 1 aliphatic carbocycles. The summed E-state index contributed by atoms with van der Waals surface area (Å²) in [6, 6.07) is 0.790. The van der Waals surface area contributed by atoms with E-state index in [9.17, 15) is 0 Å². The third-order valence-corrected chi connectivity index (χ3v) is 3.27. The van der Waals surface area contributed by atoms with Crippen LogP contribution in [0.3, 0.4) is 0 Å². The van der Waals surface area contributed by atoms with Gasteiger partial charge in [-0.1, -0.05) is 32.6 Å². The summed E-state index contributed by atoms with van der Waals surface area (Å²) in [5.41, 5.74) is 5.54. The Morgan fingerprint density at radius 1 is 1.21 bits per heavy atom. The highest BCUT2D eigenvalue weighted by Crippen LogP contribution is 2.17. The SMILES string of the molecule is CC(CCN)CNC1CCCCCC1. The van der Waals surface area contributed by atoms with Crippen molar-refractivity contribution in [2.45, 2.75) is 57.9 Å². The quantitative estimate of drug-likeness (QED) is 0.665. The van der Waals surface area contributed by atoms with Crippen molar-refractivity contribution in [2.75, 3.05) is 13.1 Å². The van der Waals surface area contributed by atoms with E-state index in [1.807, 2.05) is 0 Å². The minimum Gasteiger partial charge on any atom is -0.330 e. The lowest BCUT2D eigenvalue weighted by molar-refractivity contribution is 0.403. The summed E-state index contributed by atoms with van der Waals surface area (Å²) in [5, 5.41) is 3.69. The average molecular weight is 198 g/mol. The van der Waals surface area contributed by atoms with Crippen LogP contribution in [0.15, 0.2) is 0 Å². The zero-order valence-electron chi connectivity index (χ0n) is 9.60. The van der Waals surface area contributed by atoms with Crippen molar-refractivity contribution >= 4 is 0 Å². The summed E-state index contributed by atoms with van der Waals surface area (Å²) >= 11 is 0. The zero-order valence-corrected chi connectivity index (χ0v) is 9.60. The number of hydrogen-bond donors (Lipinski definition) is 2. The molecule has 1 aliphatic rings. The first-order valence-electron chi connectivity index (χ1n) is 6.26. The predicted molar refractivity (Wildman–Crippen MR) is 62.3 cm³/mol. The molecule has 0 radical (unpaired) electrons. The maximum atomic E-state index is 5.54. The second-order valence-electron chi connectivity index (χ2n) is 4.78. The molecule has 0 bridgehead atoms. The molecule has 2 heteroatoms. The van der Waals surface area contributed by atoms with Crippen LogP contribution in [0, 0.1) is 5.92 Å². The van der Waals surface area contributed by atoms with Crippen LogP contribution in [0.4, 0.5) is 0 Å². The summed E-state index contributed by atoms with van der Waals surface area (Å²) in [5.74, 6) is 0.739. The van der Waals surface area contributed by atoms with Gasteiger partial charge in [0.15, 0.2) is 0 Å². The lowest BCUT2D eigenvalue weighted by atomic mass is 10.1. The van der Waals surface area contributed by atoms with Crippen LogP contribution < -0.4 is 11.1 Å². The fourth-order valence-electron chi connectivity index (χ4n) is 2.24. The highest BCUT2D eigenvalue weighted by molar-refractivity contribution is 4.71. The fourth-order valence-corrected chi connectivity index (χ4v) is 2.24. The molecule has 2 nitrogen and oxygen atoms in total. The van der Waals surface area contributed by atoms with E-state index in [4.69, 9.17) is 5.73 Å². The predicted octanol–water partition coefficient (Wildman–Crippen LogP) is 2.28. The molecule has 1 unspecified atom stereocenters. The average Bonchev–Trinajstić information content (AvgIpc) is 2.43. The molecule has 3 N–H and O–H groups in total. The van der Waals surface area contributed by atoms with E-state index in [0.29, 0.717) is 0 Å². The first kappa shape index (κ1) is 12.0. The summed E-state index contributed by atoms with van der Waals surface area (Å²) in [4.78, 5) is 0. The van der Waals surface area contributed by atoms with Gasteiger partial charge in [0.05, 0.1) is 0 Å². The molecule has 14 heavy (non-hydrogen) atoms. The van der Waals surface area contributed by atoms with Crippen molar-refractivity contribution in [1.29, 1.82) is 0 Å². The highest BCUT2D eigenvalue weighted by Gasteiger charge is 2.12. The first-order chi connectivity index (χ1) is 6.83. The van der Waals surface area contributed by atoms with Gasteiger partial charge in [0, 0.05) is 6.04 Å². The Balaban J connectivity index is 2.09. The lowest BCUT2D eigenvalue weighted by Crippen LogP contribution is -2.32. The van der Waals surface area contributed by atoms with Gasteiger partial charge in [-0.3, -0.25) is 0 Å². The second-order valence-corrected chi connectivity index (χ2v) is 4.78. The Kier molecular flexibility index (Phi) is 6.20.